The summed E-state index contributed by atoms with van der Waals surface area (Å²) in [7, 11) is 3.24. The summed E-state index contributed by atoms with van der Waals surface area (Å²) in [5.74, 6) is 2.12. The van der Waals surface area contributed by atoms with E-state index in [-0.39, 0.29) is 0 Å². The molecule has 0 saturated heterocycles. The number of para-hydroxylation sites is 1. The normalized spacial score (nSPS) is 12.0. The lowest BCUT2D eigenvalue weighted by Gasteiger charge is -2.07. The molecule has 0 amide bonds. The van der Waals surface area contributed by atoms with Gasteiger partial charge in [0, 0.05) is 22.4 Å². The first kappa shape index (κ1) is 19.7. The summed E-state index contributed by atoms with van der Waals surface area (Å²) in [6.07, 6.45) is 3.49. The van der Waals surface area contributed by atoms with Crippen molar-refractivity contribution in [2.45, 2.75) is 0 Å². The third-order valence-corrected chi connectivity index (χ3v) is 5.33. The molecule has 2 aromatic carbocycles. The molecule has 7 heteroatoms. The maximum Gasteiger partial charge on any atom is 0.206 e. The van der Waals surface area contributed by atoms with E-state index in [1.165, 1.54) is 11.3 Å². The Hall–Kier alpha value is -3.58. The van der Waals surface area contributed by atoms with Gasteiger partial charge in [-0.3, -0.25) is 4.99 Å². The molecule has 0 N–H and O–H groups in total. The Bertz CT molecular complexity index is 1250. The van der Waals surface area contributed by atoms with Gasteiger partial charge in [-0.25, -0.2) is 4.68 Å². The molecule has 4 aromatic rings. The van der Waals surface area contributed by atoms with E-state index in [1.54, 1.807) is 31.2 Å². The lowest BCUT2D eigenvalue weighted by Crippen LogP contribution is -2.12. The van der Waals surface area contributed by atoms with Gasteiger partial charge in [-0.1, -0.05) is 24.3 Å². The third kappa shape index (κ3) is 3.92. The highest BCUT2D eigenvalue weighted by atomic mass is 32.1. The molecule has 152 valence electrons. The highest BCUT2D eigenvalue weighted by molar-refractivity contribution is 7.07. The predicted octanol–water partition coefficient (Wildman–Crippen LogP) is 4.95. The summed E-state index contributed by atoms with van der Waals surface area (Å²) in [4.78, 5) is 5.31. The molecule has 2 heterocycles. The van der Waals surface area contributed by atoms with Gasteiger partial charge in [-0.15, -0.1) is 17.9 Å². The number of aromatic nitrogens is 1. The zero-order valence-electron chi connectivity index (χ0n) is 16.7. The largest absolute Gasteiger partial charge is 0.497 e. The van der Waals surface area contributed by atoms with Crippen LogP contribution < -0.4 is 14.3 Å². The maximum absolute atomic E-state index is 6.05. The van der Waals surface area contributed by atoms with E-state index in [1.807, 2.05) is 53.9 Å². The molecule has 0 unspecified atom stereocenters. The van der Waals surface area contributed by atoms with Crippen LogP contribution in [-0.4, -0.2) is 31.7 Å². The van der Waals surface area contributed by atoms with Gasteiger partial charge in [-0.05, 0) is 24.3 Å². The average molecular weight is 420 g/mol. The second-order valence-corrected chi connectivity index (χ2v) is 7.18. The zero-order valence-corrected chi connectivity index (χ0v) is 17.6. The number of rotatable bonds is 7. The third-order valence-electron chi connectivity index (χ3n) is 4.47. The van der Waals surface area contributed by atoms with Crippen LogP contribution in [0.2, 0.25) is 0 Å². The van der Waals surface area contributed by atoms with Crippen molar-refractivity contribution in [3.8, 4) is 23.0 Å². The fraction of sp³-hybridized carbons (Fsp3) is 0.130. The number of fused-ring (bicyclic) bond motifs is 1. The van der Waals surface area contributed by atoms with Crippen LogP contribution in [-0.2, 0) is 0 Å². The molecule has 30 heavy (non-hydrogen) atoms. The van der Waals surface area contributed by atoms with Crippen LogP contribution in [0.15, 0.2) is 81.1 Å². The predicted molar refractivity (Wildman–Crippen MR) is 121 cm³/mol. The van der Waals surface area contributed by atoms with Crippen molar-refractivity contribution in [2.24, 2.45) is 10.1 Å². The number of methoxy groups -OCH3 is 2. The monoisotopic (exact) mass is 419 g/mol. The molecule has 0 aliphatic rings. The number of nitrogens with zero attached hydrogens (tertiary/aromatic N) is 3. The molecule has 0 atom stereocenters. The molecule has 0 saturated carbocycles. The van der Waals surface area contributed by atoms with Crippen molar-refractivity contribution in [3.05, 3.63) is 76.9 Å². The Kier molecular flexibility index (Phi) is 5.81. The SMILES string of the molecule is C=CCN=c1scc(-c2cc3ccccc3o2)n1N=Cc1ccc(OC)cc1OC. The first-order valence-electron chi connectivity index (χ1n) is 9.30. The second-order valence-electron chi connectivity index (χ2n) is 6.35. The molecular weight excluding hydrogens is 398 g/mol. The van der Waals surface area contributed by atoms with Crippen molar-refractivity contribution in [3.63, 3.8) is 0 Å². The van der Waals surface area contributed by atoms with Crippen molar-refractivity contribution in [1.82, 2.24) is 4.68 Å². The van der Waals surface area contributed by atoms with Crippen LogP contribution in [0.25, 0.3) is 22.4 Å². The van der Waals surface area contributed by atoms with Crippen molar-refractivity contribution in [1.29, 1.82) is 0 Å². The van der Waals surface area contributed by atoms with E-state index in [0.717, 1.165) is 38.5 Å². The summed E-state index contributed by atoms with van der Waals surface area (Å²) in [5.41, 5.74) is 2.47. The number of hydrogen-bond donors (Lipinski definition) is 0. The van der Waals surface area contributed by atoms with Gasteiger partial charge in [0.1, 0.15) is 22.8 Å². The Labute approximate surface area is 178 Å². The van der Waals surface area contributed by atoms with Gasteiger partial charge >= 0.3 is 0 Å². The Morgan fingerprint density at radius 1 is 1.13 bits per heavy atom. The van der Waals surface area contributed by atoms with Crippen LogP contribution in [0.5, 0.6) is 11.5 Å². The molecule has 6 nitrogen and oxygen atoms in total. The van der Waals surface area contributed by atoms with E-state index in [9.17, 15) is 0 Å². The van der Waals surface area contributed by atoms with Crippen LogP contribution in [0.3, 0.4) is 0 Å². The Morgan fingerprint density at radius 2 is 2.00 bits per heavy atom. The zero-order chi connectivity index (χ0) is 20.9. The second kappa shape index (κ2) is 8.84. The lowest BCUT2D eigenvalue weighted by atomic mass is 10.2. The molecule has 0 fully saturated rings. The minimum absolute atomic E-state index is 0.501. The number of benzene rings is 2. The summed E-state index contributed by atoms with van der Waals surface area (Å²) in [6.45, 7) is 4.25. The van der Waals surface area contributed by atoms with Crippen LogP contribution in [0, 0.1) is 0 Å². The van der Waals surface area contributed by atoms with Crippen molar-refractivity contribution < 1.29 is 13.9 Å². The van der Waals surface area contributed by atoms with E-state index in [4.69, 9.17) is 19.0 Å². The number of furan rings is 1. The molecule has 0 aliphatic carbocycles. The van der Waals surface area contributed by atoms with Gasteiger partial charge in [0.15, 0.2) is 5.76 Å². The molecule has 2 aromatic heterocycles. The summed E-state index contributed by atoms with van der Waals surface area (Å²) in [6, 6.07) is 15.5. The first-order chi connectivity index (χ1) is 14.7. The topological polar surface area (TPSA) is 61.2 Å². The van der Waals surface area contributed by atoms with Crippen LogP contribution in [0.1, 0.15) is 5.56 Å². The molecule has 0 bridgehead atoms. The number of hydrogen-bond acceptors (Lipinski definition) is 6. The Morgan fingerprint density at radius 3 is 2.77 bits per heavy atom. The lowest BCUT2D eigenvalue weighted by molar-refractivity contribution is 0.394. The highest BCUT2D eigenvalue weighted by Gasteiger charge is 2.13. The molecule has 4 rings (SSSR count). The van der Waals surface area contributed by atoms with Gasteiger partial charge < -0.3 is 13.9 Å². The van der Waals surface area contributed by atoms with Crippen LogP contribution >= 0.6 is 11.3 Å². The molecule has 0 aliphatic heterocycles. The quantitative estimate of drug-likeness (QED) is 0.315. The molecule has 0 radical (unpaired) electrons. The van der Waals surface area contributed by atoms with Gasteiger partial charge in [0.2, 0.25) is 4.80 Å². The summed E-state index contributed by atoms with van der Waals surface area (Å²) < 4.78 is 18.6. The standard InChI is InChI=1S/C23H21N3O3S/c1-4-11-24-23-26(25-14-17-9-10-18(27-2)13-21(17)28-3)19(15-30-23)22-12-16-7-5-6-8-20(16)29-22/h4-10,12-15H,1,11H2,2-3H3. The fourth-order valence-electron chi connectivity index (χ4n) is 2.99. The summed E-state index contributed by atoms with van der Waals surface area (Å²) in [5, 5.41) is 7.72. The molecular formula is C23H21N3O3S. The smallest absolute Gasteiger partial charge is 0.206 e. The average Bonchev–Trinajstić information content (AvgIpc) is 3.39. The van der Waals surface area contributed by atoms with Gasteiger partial charge in [0.05, 0.1) is 27.0 Å². The first-order valence-corrected chi connectivity index (χ1v) is 10.2. The molecule has 0 spiro atoms. The minimum Gasteiger partial charge on any atom is -0.497 e. The highest BCUT2D eigenvalue weighted by Crippen LogP contribution is 2.28. The van der Waals surface area contributed by atoms with Gasteiger partial charge in [-0.2, -0.15) is 5.10 Å². The van der Waals surface area contributed by atoms with Crippen LogP contribution in [0.4, 0.5) is 0 Å². The minimum atomic E-state index is 0.501. The van der Waals surface area contributed by atoms with E-state index in [0.29, 0.717) is 12.3 Å². The van der Waals surface area contributed by atoms with Crippen molar-refractivity contribution in [2.75, 3.05) is 20.8 Å². The van der Waals surface area contributed by atoms with E-state index in [2.05, 4.69) is 11.6 Å². The van der Waals surface area contributed by atoms with E-state index < -0.39 is 0 Å². The van der Waals surface area contributed by atoms with E-state index >= 15 is 0 Å². The summed E-state index contributed by atoms with van der Waals surface area (Å²) >= 11 is 1.50. The number of thiazole rings is 1. The number of ether oxygens (including phenoxy) is 2. The van der Waals surface area contributed by atoms with Crippen molar-refractivity contribution >= 4 is 28.5 Å². The maximum atomic E-state index is 6.05. The fourth-order valence-corrected chi connectivity index (χ4v) is 3.81. The Balaban J connectivity index is 1.81. The van der Waals surface area contributed by atoms with Gasteiger partial charge in [0.25, 0.3) is 0 Å².